The first kappa shape index (κ1) is 16.2. The molecule has 0 aliphatic carbocycles. The third kappa shape index (κ3) is 3.99. The lowest BCUT2D eigenvalue weighted by Gasteiger charge is -2.11. The summed E-state index contributed by atoms with van der Waals surface area (Å²) in [7, 11) is 3.68. The number of benzene rings is 1. The van der Waals surface area contributed by atoms with Crippen molar-refractivity contribution in [2.75, 3.05) is 7.05 Å². The molecule has 0 bridgehead atoms. The van der Waals surface area contributed by atoms with Crippen molar-refractivity contribution >= 4 is 17.3 Å². The van der Waals surface area contributed by atoms with Crippen molar-refractivity contribution in [3.63, 3.8) is 0 Å². The van der Waals surface area contributed by atoms with Crippen LogP contribution in [-0.2, 0) is 20.1 Å². The SMILES string of the molecule is CN=C(NCc1csc(-c2ccccc2)n1)NCc1ccnn1C. The number of nitrogens with one attached hydrogen (secondary N) is 2. The topological polar surface area (TPSA) is 67.1 Å². The molecule has 2 aromatic heterocycles. The molecule has 0 aliphatic heterocycles. The summed E-state index contributed by atoms with van der Waals surface area (Å²) in [6, 6.07) is 12.2. The molecule has 0 fully saturated rings. The molecule has 0 radical (unpaired) electrons. The minimum absolute atomic E-state index is 0.633. The lowest BCUT2D eigenvalue weighted by molar-refractivity contribution is 0.684. The Kier molecular flexibility index (Phi) is 5.22. The van der Waals surface area contributed by atoms with E-state index in [1.165, 1.54) is 0 Å². The summed E-state index contributed by atoms with van der Waals surface area (Å²) in [4.78, 5) is 8.91. The number of aliphatic imine (C=N–C) groups is 1. The van der Waals surface area contributed by atoms with Crippen molar-refractivity contribution in [2.45, 2.75) is 13.1 Å². The van der Waals surface area contributed by atoms with Crippen molar-refractivity contribution < 1.29 is 0 Å². The molecule has 1 aromatic carbocycles. The second-order valence-corrected chi connectivity index (χ2v) is 6.09. The monoisotopic (exact) mass is 340 g/mol. The average Bonchev–Trinajstić information content (AvgIpc) is 3.25. The normalized spacial score (nSPS) is 11.5. The quantitative estimate of drug-likeness (QED) is 0.553. The summed E-state index contributed by atoms with van der Waals surface area (Å²) in [5, 5.41) is 13.8. The summed E-state index contributed by atoms with van der Waals surface area (Å²) in [6.45, 7) is 1.30. The summed E-state index contributed by atoms with van der Waals surface area (Å²) in [5.74, 6) is 0.741. The van der Waals surface area contributed by atoms with Crippen molar-refractivity contribution in [1.29, 1.82) is 0 Å². The number of hydrogen-bond acceptors (Lipinski definition) is 4. The summed E-state index contributed by atoms with van der Waals surface area (Å²) < 4.78 is 1.84. The fraction of sp³-hybridized carbons (Fsp3) is 0.235. The van der Waals surface area contributed by atoms with E-state index >= 15 is 0 Å². The molecule has 0 unspecified atom stereocenters. The van der Waals surface area contributed by atoms with Crippen LogP contribution in [0.15, 0.2) is 53.0 Å². The van der Waals surface area contributed by atoms with Gasteiger partial charge in [0.05, 0.1) is 24.5 Å². The van der Waals surface area contributed by atoms with Crippen LogP contribution in [0.1, 0.15) is 11.4 Å². The highest BCUT2D eigenvalue weighted by Gasteiger charge is 2.06. The van der Waals surface area contributed by atoms with Gasteiger partial charge in [-0.1, -0.05) is 30.3 Å². The van der Waals surface area contributed by atoms with Crippen LogP contribution in [0.4, 0.5) is 0 Å². The maximum atomic E-state index is 4.67. The maximum Gasteiger partial charge on any atom is 0.191 e. The fourth-order valence-corrected chi connectivity index (χ4v) is 3.07. The van der Waals surface area contributed by atoms with Crippen LogP contribution in [0, 0.1) is 0 Å². The van der Waals surface area contributed by atoms with Crippen LogP contribution in [0.5, 0.6) is 0 Å². The predicted octanol–water partition coefficient (Wildman–Crippen LogP) is 2.41. The second kappa shape index (κ2) is 7.74. The van der Waals surface area contributed by atoms with Gasteiger partial charge in [-0.05, 0) is 6.07 Å². The number of aryl methyl sites for hydroxylation is 1. The van der Waals surface area contributed by atoms with E-state index in [2.05, 4.69) is 43.2 Å². The van der Waals surface area contributed by atoms with Crippen molar-refractivity contribution in [3.05, 3.63) is 59.4 Å². The lowest BCUT2D eigenvalue weighted by atomic mass is 10.2. The number of hydrogen-bond donors (Lipinski definition) is 2. The van der Waals surface area contributed by atoms with Crippen LogP contribution in [0.2, 0.25) is 0 Å². The highest BCUT2D eigenvalue weighted by molar-refractivity contribution is 7.13. The minimum atomic E-state index is 0.633. The molecule has 3 rings (SSSR count). The molecule has 7 heteroatoms. The molecular weight excluding hydrogens is 320 g/mol. The second-order valence-electron chi connectivity index (χ2n) is 5.24. The Labute approximate surface area is 145 Å². The van der Waals surface area contributed by atoms with Crippen molar-refractivity contribution in [2.24, 2.45) is 12.0 Å². The fourth-order valence-electron chi connectivity index (χ4n) is 2.25. The molecule has 6 nitrogen and oxygen atoms in total. The molecule has 0 aliphatic rings. The van der Waals surface area contributed by atoms with Gasteiger partial charge in [-0.2, -0.15) is 5.10 Å². The molecule has 0 saturated heterocycles. The number of rotatable bonds is 5. The van der Waals surface area contributed by atoms with Gasteiger partial charge >= 0.3 is 0 Å². The molecule has 2 heterocycles. The van der Waals surface area contributed by atoms with Crippen LogP contribution in [0.25, 0.3) is 10.6 Å². The van der Waals surface area contributed by atoms with Crippen molar-refractivity contribution in [3.8, 4) is 10.6 Å². The van der Waals surface area contributed by atoms with E-state index in [0.29, 0.717) is 13.1 Å². The third-order valence-corrected chi connectivity index (χ3v) is 4.53. The highest BCUT2D eigenvalue weighted by Crippen LogP contribution is 2.23. The molecule has 0 atom stereocenters. The summed E-state index contributed by atoms with van der Waals surface area (Å²) in [5.41, 5.74) is 3.24. The van der Waals surface area contributed by atoms with Crippen LogP contribution >= 0.6 is 11.3 Å². The van der Waals surface area contributed by atoms with E-state index in [-0.39, 0.29) is 0 Å². The zero-order chi connectivity index (χ0) is 16.8. The van der Waals surface area contributed by atoms with Gasteiger partial charge in [0.1, 0.15) is 5.01 Å². The maximum absolute atomic E-state index is 4.67. The molecule has 0 saturated carbocycles. The van der Waals surface area contributed by atoms with Gasteiger partial charge in [0.25, 0.3) is 0 Å². The van der Waals surface area contributed by atoms with Gasteiger partial charge < -0.3 is 10.6 Å². The first-order valence-electron chi connectivity index (χ1n) is 7.67. The Bertz CT molecular complexity index is 805. The van der Waals surface area contributed by atoms with Crippen LogP contribution in [0.3, 0.4) is 0 Å². The zero-order valence-corrected chi connectivity index (χ0v) is 14.5. The molecular formula is C17H20N6S. The third-order valence-electron chi connectivity index (χ3n) is 3.59. The summed E-state index contributed by atoms with van der Waals surface area (Å²) in [6.07, 6.45) is 1.79. The molecule has 124 valence electrons. The molecule has 3 aromatic rings. The van der Waals surface area contributed by atoms with E-state index in [4.69, 9.17) is 0 Å². The Morgan fingerprint density at radius 2 is 1.96 bits per heavy atom. The van der Waals surface area contributed by atoms with Crippen LogP contribution < -0.4 is 10.6 Å². The number of thiazole rings is 1. The van der Waals surface area contributed by atoms with Gasteiger partial charge in [0, 0.05) is 31.2 Å². The van der Waals surface area contributed by atoms with Gasteiger partial charge in [-0.25, -0.2) is 4.98 Å². The first-order chi connectivity index (χ1) is 11.8. The Hall–Kier alpha value is -2.67. The molecule has 0 amide bonds. The number of nitrogens with zero attached hydrogens (tertiary/aromatic N) is 4. The number of aromatic nitrogens is 3. The van der Waals surface area contributed by atoms with Gasteiger partial charge in [-0.3, -0.25) is 9.67 Å². The molecule has 24 heavy (non-hydrogen) atoms. The first-order valence-corrected chi connectivity index (χ1v) is 8.55. The van der Waals surface area contributed by atoms with E-state index in [0.717, 1.165) is 27.9 Å². The van der Waals surface area contributed by atoms with Gasteiger partial charge in [0.2, 0.25) is 0 Å². The Morgan fingerprint density at radius 3 is 2.67 bits per heavy atom. The standard InChI is InChI=1S/C17H20N6S/c1-18-17(20-11-15-8-9-21-23(15)2)19-10-14-12-24-16(22-14)13-6-4-3-5-7-13/h3-9,12H,10-11H2,1-2H3,(H2,18,19,20). The number of guanidine groups is 1. The van der Waals surface area contributed by atoms with E-state index in [1.54, 1.807) is 24.6 Å². The predicted molar refractivity (Wildman–Crippen MR) is 97.8 cm³/mol. The van der Waals surface area contributed by atoms with E-state index in [9.17, 15) is 0 Å². The van der Waals surface area contributed by atoms with Gasteiger partial charge in [0.15, 0.2) is 5.96 Å². The van der Waals surface area contributed by atoms with E-state index in [1.807, 2.05) is 36.0 Å². The zero-order valence-electron chi connectivity index (χ0n) is 13.7. The Balaban J connectivity index is 1.54. The van der Waals surface area contributed by atoms with E-state index < -0.39 is 0 Å². The largest absolute Gasteiger partial charge is 0.351 e. The van der Waals surface area contributed by atoms with Crippen molar-refractivity contribution in [1.82, 2.24) is 25.4 Å². The molecule has 0 spiro atoms. The Morgan fingerprint density at radius 1 is 1.17 bits per heavy atom. The van der Waals surface area contributed by atoms with Gasteiger partial charge in [-0.15, -0.1) is 11.3 Å². The minimum Gasteiger partial charge on any atom is -0.351 e. The highest BCUT2D eigenvalue weighted by atomic mass is 32.1. The smallest absolute Gasteiger partial charge is 0.191 e. The van der Waals surface area contributed by atoms with Crippen LogP contribution in [-0.4, -0.2) is 27.8 Å². The average molecular weight is 340 g/mol. The molecule has 2 N–H and O–H groups in total. The lowest BCUT2D eigenvalue weighted by Crippen LogP contribution is -2.36. The summed E-state index contributed by atoms with van der Waals surface area (Å²) >= 11 is 1.65.